The topological polar surface area (TPSA) is 111 Å². The molecule has 3 rings (SSSR count). The fraction of sp³-hybridized carbons (Fsp3) is 0.500. The number of amides is 2. The minimum atomic E-state index is -0.777. The maximum Gasteiger partial charge on any atom is 0.408 e. The van der Waals surface area contributed by atoms with Gasteiger partial charge < -0.3 is 19.7 Å². The van der Waals surface area contributed by atoms with Crippen molar-refractivity contribution in [2.24, 2.45) is 0 Å². The Morgan fingerprint density at radius 1 is 1.48 bits per heavy atom. The van der Waals surface area contributed by atoms with E-state index < -0.39 is 22.8 Å². The molecule has 2 fully saturated rings. The number of nitrogens with one attached hydrogen (secondary N) is 1. The molecule has 1 N–H and O–H groups in total. The molecule has 0 spiro atoms. The molecule has 0 radical (unpaired) electrons. The normalized spacial score (nSPS) is 24.1. The van der Waals surface area contributed by atoms with Crippen LogP contribution in [0.15, 0.2) is 24.3 Å². The first-order valence-electron chi connectivity index (χ1n) is 7.94. The molecule has 0 aromatic heterocycles. The van der Waals surface area contributed by atoms with Crippen LogP contribution in [0.25, 0.3) is 0 Å². The third kappa shape index (κ3) is 3.14. The Labute approximate surface area is 144 Å². The highest BCUT2D eigenvalue weighted by Crippen LogP contribution is 2.36. The number of fused-ring (bicyclic) bond motifs is 1. The van der Waals surface area contributed by atoms with Crippen molar-refractivity contribution in [3.05, 3.63) is 39.9 Å². The molecule has 2 saturated heterocycles. The maximum absolute atomic E-state index is 12.3. The Bertz CT molecular complexity index is 720. The summed E-state index contributed by atoms with van der Waals surface area (Å²) < 4.78 is 10.6. The van der Waals surface area contributed by atoms with Gasteiger partial charge in [0.15, 0.2) is 0 Å². The number of nitro groups is 1. The van der Waals surface area contributed by atoms with Crippen molar-refractivity contribution in [2.45, 2.75) is 44.7 Å². The van der Waals surface area contributed by atoms with Gasteiger partial charge in [-0.15, -0.1) is 0 Å². The van der Waals surface area contributed by atoms with Crippen molar-refractivity contribution >= 4 is 17.7 Å². The van der Waals surface area contributed by atoms with Crippen LogP contribution in [0, 0.1) is 10.1 Å². The third-order valence-corrected chi connectivity index (χ3v) is 4.49. The summed E-state index contributed by atoms with van der Waals surface area (Å²) in [4.78, 5) is 36.3. The summed E-state index contributed by atoms with van der Waals surface area (Å²) in [6.45, 7) is 3.87. The van der Waals surface area contributed by atoms with Crippen LogP contribution in [0.5, 0.6) is 0 Å². The molecule has 1 aromatic carbocycles. The molecule has 1 aromatic rings. The Balaban J connectivity index is 1.58. The van der Waals surface area contributed by atoms with E-state index >= 15 is 0 Å². The van der Waals surface area contributed by atoms with Gasteiger partial charge in [-0.25, -0.2) is 4.79 Å². The van der Waals surface area contributed by atoms with E-state index in [1.807, 2.05) is 0 Å². The number of benzene rings is 1. The van der Waals surface area contributed by atoms with E-state index in [1.54, 1.807) is 24.8 Å². The molecular weight excluding hydrogens is 330 g/mol. The van der Waals surface area contributed by atoms with Gasteiger partial charge in [0, 0.05) is 6.07 Å². The lowest BCUT2D eigenvalue weighted by molar-refractivity contribution is -0.385. The van der Waals surface area contributed by atoms with Crippen LogP contribution in [-0.4, -0.2) is 46.2 Å². The molecule has 9 nitrogen and oxygen atoms in total. The van der Waals surface area contributed by atoms with Crippen LogP contribution in [0.1, 0.15) is 25.8 Å². The van der Waals surface area contributed by atoms with Gasteiger partial charge in [-0.3, -0.25) is 14.9 Å². The van der Waals surface area contributed by atoms with Gasteiger partial charge >= 0.3 is 6.09 Å². The minimum absolute atomic E-state index is 0.118. The first kappa shape index (κ1) is 17.2. The summed E-state index contributed by atoms with van der Waals surface area (Å²) in [6.07, 6.45) is -0.148. The lowest BCUT2D eigenvalue weighted by Gasteiger charge is -2.57. The predicted octanol–water partition coefficient (Wildman–Crippen LogP) is 1.56. The quantitative estimate of drug-likeness (QED) is 0.502. The molecule has 25 heavy (non-hydrogen) atoms. The Hall–Kier alpha value is -2.68. The third-order valence-electron chi connectivity index (χ3n) is 4.49. The number of carbonyl (C=O) groups is 2. The molecule has 0 saturated carbocycles. The van der Waals surface area contributed by atoms with Gasteiger partial charge in [0.05, 0.1) is 23.1 Å². The zero-order valence-electron chi connectivity index (χ0n) is 13.9. The molecule has 2 unspecified atom stereocenters. The number of nitrogens with zero attached hydrogens (tertiary/aromatic N) is 2. The Morgan fingerprint density at radius 2 is 2.20 bits per heavy atom. The van der Waals surface area contributed by atoms with Crippen LogP contribution < -0.4 is 5.32 Å². The fourth-order valence-corrected chi connectivity index (χ4v) is 3.29. The average Bonchev–Trinajstić information content (AvgIpc) is 2.56. The molecule has 2 amide bonds. The zero-order valence-corrected chi connectivity index (χ0v) is 13.9. The van der Waals surface area contributed by atoms with Crippen molar-refractivity contribution in [1.82, 2.24) is 10.2 Å². The maximum atomic E-state index is 12.3. The van der Waals surface area contributed by atoms with E-state index in [0.29, 0.717) is 13.0 Å². The molecule has 2 aliphatic heterocycles. The van der Waals surface area contributed by atoms with Crippen molar-refractivity contribution in [3.63, 3.8) is 0 Å². The molecule has 9 heteroatoms. The number of alkyl carbamates (subject to hydrolysis) is 1. The van der Waals surface area contributed by atoms with Gasteiger partial charge in [0.25, 0.3) is 5.69 Å². The lowest BCUT2D eigenvalue weighted by Crippen LogP contribution is -2.77. The van der Waals surface area contributed by atoms with Crippen LogP contribution in [0.2, 0.25) is 0 Å². The number of para-hydroxylation sites is 1. The summed E-state index contributed by atoms with van der Waals surface area (Å²) in [7, 11) is 0. The van der Waals surface area contributed by atoms with Crippen LogP contribution in [-0.2, 0) is 20.9 Å². The van der Waals surface area contributed by atoms with Gasteiger partial charge in [0.2, 0.25) is 5.91 Å². The van der Waals surface area contributed by atoms with E-state index in [-0.39, 0.29) is 29.8 Å². The average molecular weight is 349 g/mol. The Kier molecular flexibility index (Phi) is 4.34. The highest BCUT2D eigenvalue weighted by molar-refractivity contribution is 5.93. The van der Waals surface area contributed by atoms with Gasteiger partial charge in [-0.05, 0) is 26.3 Å². The number of hydrogen-bond donors (Lipinski definition) is 1. The molecule has 2 atom stereocenters. The van der Waals surface area contributed by atoms with Crippen LogP contribution in [0.3, 0.4) is 0 Å². The first-order chi connectivity index (χ1) is 11.8. The second-order valence-corrected chi connectivity index (χ2v) is 6.44. The number of nitro benzene ring substituents is 1. The number of carbonyl (C=O) groups excluding carboxylic acids is 2. The fourth-order valence-electron chi connectivity index (χ4n) is 3.29. The Morgan fingerprint density at radius 3 is 2.92 bits per heavy atom. The van der Waals surface area contributed by atoms with Crippen molar-refractivity contribution in [2.75, 3.05) is 6.61 Å². The number of hydrogen-bond acceptors (Lipinski definition) is 6. The minimum Gasteiger partial charge on any atom is -0.444 e. The number of ether oxygens (including phenoxy) is 2. The largest absolute Gasteiger partial charge is 0.444 e. The zero-order chi connectivity index (χ0) is 18.2. The first-order valence-corrected chi connectivity index (χ1v) is 7.94. The summed E-state index contributed by atoms with van der Waals surface area (Å²) in [6, 6.07) is 5.24. The standard InChI is InChI=1S/C16H19N3O6/c1-16(2)18-12(7-8-25-16)13(14(18)20)17-15(21)24-9-10-5-3-4-6-11(10)19(22)23/h3-6,12-13H,7-9H2,1-2H3,(H,17,21). The van der Waals surface area contributed by atoms with E-state index in [2.05, 4.69) is 5.32 Å². The monoisotopic (exact) mass is 349 g/mol. The van der Waals surface area contributed by atoms with E-state index in [4.69, 9.17) is 9.47 Å². The number of β-lactam (4-membered cyclic amide) rings is 1. The molecular formula is C16H19N3O6. The van der Waals surface area contributed by atoms with Crippen molar-refractivity contribution < 1.29 is 24.0 Å². The van der Waals surface area contributed by atoms with E-state index in [0.717, 1.165) is 0 Å². The lowest BCUT2D eigenvalue weighted by atomic mass is 9.88. The van der Waals surface area contributed by atoms with Gasteiger partial charge in [0.1, 0.15) is 18.4 Å². The summed E-state index contributed by atoms with van der Waals surface area (Å²) in [5.41, 5.74) is -0.518. The molecule has 2 aliphatic rings. The molecule has 134 valence electrons. The highest BCUT2D eigenvalue weighted by Gasteiger charge is 2.56. The van der Waals surface area contributed by atoms with E-state index in [1.165, 1.54) is 18.2 Å². The summed E-state index contributed by atoms with van der Waals surface area (Å²) in [5, 5.41) is 13.5. The van der Waals surface area contributed by atoms with Gasteiger partial charge in [-0.1, -0.05) is 12.1 Å². The number of rotatable bonds is 4. The second-order valence-electron chi connectivity index (χ2n) is 6.44. The molecule has 2 heterocycles. The smallest absolute Gasteiger partial charge is 0.408 e. The molecule has 0 aliphatic carbocycles. The highest BCUT2D eigenvalue weighted by atomic mass is 16.6. The summed E-state index contributed by atoms with van der Waals surface area (Å²) in [5.74, 6) is -0.225. The second kappa shape index (κ2) is 6.32. The predicted molar refractivity (Wildman–Crippen MR) is 85.5 cm³/mol. The SMILES string of the molecule is CC1(C)OCCC2C(NC(=O)OCc3ccccc3[N+](=O)[O-])C(=O)N21. The summed E-state index contributed by atoms with van der Waals surface area (Å²) >= 11 is 0. The molecule has 0 bridgehead atoms. The van der Waals surface area contributed by atoms with Gasteiger partial charge in [-0.2, -0.15) is 0 Å². The van der Waals surface area contributed by atoms with Crippen molar-refractivity contribution in [1.29, 1.82) is 0 Å². The van der Waals surface area contributed by atoms with E-state index in [9.17, 15) is 19.7 Å². The van der Waals surface area contributed by atoms with Crippen LogP contribution in [0.4, 0.5) is 10.5 Å². The van der Waals surface area contributed by atoms with Crippen LogP contribution >= 0.6 is 0 Å². The van der Waals surface area contributed by atoms with Crippen molar-refractivity contribution in [3.8, 4) is 0 Å².